The van der Waals surface area contributed by atoms with Crippen molar-refractivity contribution in [2.75, 3.05) is 33.9 Å². The summed E-state index contributed by atoms with van der Waals surface area (Å²) in [5, 5.41) is 0. The Morgan fingerprint density at radius 1 is 0.522 bits per heavy atom. The maximum Gasteiger partial charge on any atom is 0.306 e. The predicted octanol–water partition coefficient (Wildman–Crippen LogP) is 10.1. The molecule has 0 radical (unpaired) electrons. The number of carbonyl (C=O) groups is 3. The van der Waals surface area contributed by atoms with Crippen LogP contribution in [0.25, 0.3) is 0 Å². The summed E-state index contributed by atoms with van der Waals surface area (Å²) in [5.41, 5.74) is 0. The molecule has 7 nitrogen and oxygen atoms in total. The molecule has 0 bridgehead atoms. The molecule has 0 rings (SSSR count). The maximum atomic E-state index is 12.5. The van der Waals surface area contributed by atoms with Gasteiger partial charge in [-0.2, -0.15) is 0 Å². The molecule has 0 unspecified atom stereocenters. The lowest BCUT2D eigenvalue weighted by atomic mass is 10.0. The molecule has 0 amide bonds. The standard InChI is InChI=1S/C39H71NO6/c1-5-7-9-11-13-15-17-19-25-34-44-37(41)30-23-21-28-36(46-39(43)32-27-33-40(3)4)29-22-24-31-38(42)45-35-26-20-18-16-14-12-10-8-6-2/h19-20,25-26,36H,5-18,21-24,27-35H2,1-4H3/b25-19-,26-20-. The van der Waals surface area contributed by atoms with Gasteiger partial charge in [-0.3, -0.25) is 14.4 Å². The van der Waals surface area contributed by atoms with Crippen molar-refractivity contribution in [3.63, 3.8) is 0 Å². The van der Waals surface area contributed by atoms with Crippen molar-refractivity contribution >= 4 is 17.9 Å². The van der Waals surface area contributed by atoms with Crippen LogP contribution in [0.3, 0.4) is 0 Å². The van der Waals surface area contributed by atoms with Crippen molar-refractivity contribution in [3.8, 4) is 0 Å². The van der Waals surface area contributed by atoms with E-state index in [-0.39, 0.29) is 24.0 Å². The fraction of sp³-hybridized carbons (Fsp3) is 0.821. The largest absolute Gasteiger partial charge is 0.462 e. The van der Waals surface area contributed by atoms with Crippen molar-refractivity contribution in [1.29, 1.82) is 0 Å². The molecule has 0 aliphatic rings. The number of ether oxygens (including phenoxy) is 3. The molecule has 46 heavy (non-hydrogen) atoms. The van der Waals surface area contributed by atoms with E-state index in [1.54, 1.807) is 0 Å². The molecular weight excluding hydrogens is 578 g/mol. The quantitative estimate of drug-likeness (QED) is 0.0303. The molecular formula is C39H71NO6. The summed E-state index contributed by atoms with van der Waals surface area (Å²) in [6.07, 6.45) is 31.6. The van der Waals surface area contributed by atoms with Crippen LogP contribution in [0.15, 0.2) is 24.3 Å². The van der Waals surface area contributed by atoms with E-state index in [0.717, 1.165) is 38.6 Å². The summed E-state index contributed by atoms with van der Waals surface area (Å²) in [5.74, 6) is -0.541. The van der Waals surface area contributed by atoms with Crippen molar-refractivity contribution < 1.29 is 28.6 Å². The van der Waals surface area contributed by atoms with Crippen LogP contribution in [0.2, 0.25) is 0 Å². The molecule has 0 heterocycles. The molecule has 0 aromatic heterocycles. The van der Waals surface area contributed by atoms with Gasteiger partial charge in [-0.1, -0.05) is 102 Å². The van der Waals surface area contributed by atoms with E-state index >= 15 is 0 Å². The topological polar surface area (TPSA) is 82.1 Å². The van der Waals surface area contributed by atoms with E-state index in [1.165, 1.54) is 77.0 Å². The number of hydrogen-bond donors (Lipinski definition) is 0. The molecule has 7 heteroatoms. The highest BCUT2D eigenvalue weighted by Crippen LogP contribution is 2.16. The van der Waals surface area contributed by atoms with Gasteiger partial charge in [0.15, 0.2) is 0 Å². The van der Waals surface area contributed by atoms with Gasteiger partial charge in [-0.15, -0.1) is 0 Å². The Morgan fingerprint density at radius 3 is 1.41 bits per heavy atom. The number of rotatable bonds is 33. The lowest BCUT2D eigenvalue weighted by molar-refractivity contribution is -0.150. The fourth-order valence-corrected chi connectivity index (χ4v) is 5.21. The van der Waals surface area contributed by atoms with Gasteiger partial charge in [0.1, 0.15) is 19.3 Å². The third-order valence-electron chi connectivity index (χ3n) is 8.06. The predicted molar refractivity (Wildman–Crippen MR) is 191 cm³/mol. The molecule has 0 aliphatic carbocycles. The normalized spacial score (nSPS) is 11.7. The highest BCUT2D eigenvalue weighted by molar-refractivity contribution is 5.70. The Balaban J connectivity index is 4.23. The Bertz CT molecular complexity index is 728. The zero-order chi connectivity index (χ0) is 33.9. The molecule has 0 atom stereocenters. The molecule has 268 valence electrons. The number of unbranched alkanes of at least 4 members (excludes halogenated alkanes) is 14. The molecule has 0 N–H and O–H groups in total. The lowest BCUT2D eigenvalue weighted by Gasteiger charge is -2.18. The first-order valence-corrected chi connectivity index (χ1v) is 18.8. The monoisotopic (exact) mass is 650 g/mol. The smallest absolute Gasteiger partial charge is 0.306 e. The number of nitrogens with zero attached hydrogens (tertiary/aromatic N) is 1. The van der Waals surface area contributed by atoms with Crippen LogP contribution in [-0.2, 0) is 28.6 Å². The minimum absolute atomic E-state index is 0.175. The number of hydrogen-bond acceptors (Lipinski definition) is 7. The van der Waals surface area contributed by atoms with E-state index < -0.39 is 0 Å². The minimum Gasteiger partial charge on any atom is -0.462 e. The molecule has 0 saturated heterocycles. The summed E-state index contributed by atoms with van der Waals surface area (Å²) in [6, 6.07) is 0. The van der Waals surface area contributed by atoms with Crippen LogP contribution in [0, 0.1) is 0 Å². The molecule has 0 aromatic rings. The molecule has 0 saturated carbocycles. The van der Waals surface area contributed by atoms with Crippen molar-refractivity contribution in [2.24, 2.45) is 0 Å². The number of carbonyl (C=O) groups excluding carboxylic acids is 3. The van der Waals surface area contributed by atoms with Gasteiger partial charge in [-0.25, -0.2) is 0 Å². The van der Waals surface area contributed by atoms with Gasteiger partial charge in [-0.05, 0) is 91.3 Å². The highest BCUT2D eigenvalue weighted by Gasteiger charge is 2.15. The van der Waals surface area contributed by atoms with E-state index in [1.807, 2.05) is 26.2 Å². The minimum atomic E-state index is -0.200. The van der Waals surface area contributed by atoms with E-state index in [0.29, 0.717) is 58.2 Å². The second-order valence-corrected chi connectivity index (χ2v) is 12.9. The molecule has 0 aliphatic heterocycles. The molecule has 0 aromatic carbocycles. The molecule has 0 fully saturated rings. The Kier molecular flexibility index (Phi) is 32.6. The Hall–Kier alpha value is -2.15. The SMILES string of the molecule is CCCCCCCC/C=C\COC(=O)CCCCC(CCCCC(=O)OC/C=C\CCCCCCCC)OC(=O)CCCN(C)C. The first kappa shape index (κ1) is 43.9. The van der Waals surface area contributed by atoms with Crippen LogP contribution in [0.1, 0.15) is 168 Å². The summed E-state index contributed by atoms with van der Waals surface area (Å²) in [7, 11) is 3.98. The third kappa shape index (κ3) is 33.2. The first-order chi connectivity index (χ1) is 22.4. The van der Waals surface area contributed by atoms with Gasteiger partial charge in [0.05, 0.1) is 0 Å². The third-order valence-corrected chi connectivity index (χ3v) is 8.06. The highest BCUT2D eigenvalue weighted by atomic mass is 16.5. The van der Waals surface area contributed by atoms with Crippen molar-refractivity contribution in [1.82, 2.24) is 4.90 Å². The number of esters is 3. The van der Waals surface area contributed by atoms with E-state index in [4.69, 9.17) is 14.2 Å². The second kappa shape index (κ2) is 34.2. The summed E-state index contributed by atoms with van der Waals surface area (Å²) in [6.45, 7) is 5.97. The van der Waals surface area contributed by atoms with Crippen LogP contribution >= 0.6 is 0 Å². The zero-order valence-corrected chi connectivity index (χ0v) is 30.4. The van der Waals surface area contributed by atoms with Crippen molar-refractivity contribution in [3.05, 3.63) is 24.3 Å². The van der Waals surface area contributed by atoms with E-state index in [9.17, 15) is 14.4 Å². The van der Waals surface area contributed by atoms with Gasteiger partial charge in [0.2, 0.25) is 0 Å². The van der Waals surface area contributed by atoms with Crippen molar-refractivity contribution in [2.45, 2.75) is 174 Å². The van der Waals surface area contributed by atoms with Gasteiger partial charge < -0.3 is 19.1 Å². The molecule has 0 spiro atoms. The Morgan fingerprint density at radius 2 is 0.957 bits per heavy atom. The Labute approximate surface area is 283 Å². The van der Waals surface area contributed by atoms with Crippen LogP contribution in [-0.4, -0.2) is 62.8 Å². The maximum absolute atomic E-state index is 12.5. The summed E-state index contributed by atoms with van der Waals surface area (Å²) in [4.78, 5) is 38.8. The lowest BCUT2D eigenvalue weighted by Crippen LogP contribution is -2.20. The second-order valence-electron chi connectivity index (χ2n) is 12.9. The van der Waals surface area contributed by atoms with Crippen LogP contribution in [0.4, 0.5) is 0 Å². The van der Waals surface area contributed by atoms with Gasteiger partial charge in [0.25, 0.3) is 0 Å². The number of allylic oxidation sites excluding steroid dienone is 2. The summed E-state index contributed by atoms with van der Waals surface area (Å²) >= 11 is 0. The van der Waals surface area contributed by atoms with Crippen LogP contribution < -0.4 is 0 Å². The van der Waals surface area contributed by atoms with E-state index in [2.05, 4.69) is 30.9 Å². The fourth-order valence-electron chi connectivity index (χ4n) is 5.21. The average Bonchev–Trinajstić information content (AvgIpc) is 3.02. The van der Waals surface area contributed by atoms with Crippen LogP contribution in [0.5, 0.6) is 0 Å². The summed E-state index contributed by atoms with van der Waals surface area (Å²) < 4.78 is 16.5. The first-order valence-electron chi connectivity index (χ1n) is 18.8. The van der Waals surface area contributed by atoms with Gasteiger partial charge >= 0.3 is 17.9 Å². The average molecular weight is 650 g/mol. The van der Waals surface area contributed by atoms with Gasteiger partial charge in [0, 0.05) is 19.3 Å². The zero-order valence-electron chi connectivity index (χ0n) is 30.4.